The van der Waals surface area contributed by atoms with Gasteiger partial charge in [0.2, 0.25) is 0 Å². The Kier molecular flexibility index (Phi) is 10.1. The molecular weight excluding hydrogens is 456 g/mol. The quantitative estimate of drug-likeness (QED) is 0.250. The number of hydrogen-bond acceptors (Lipinski definition) is 7. The van der Waals surface area contributed by atoms with Crippen LogP contribution in [-0.2, 0) is 16.0 Å². The highest BCUT2D eigenvalue weighted by Crippen LogP contribution is 2.46. The Hall–Kier alpha value is -3.19. The zero-order valence-corrected chi connectivity index (χ0v) is 21.3. The Morgan fingerprint density at radius 2 is 1.83 bits per heavy atom. The molecule has 0 aliphatic heterocycles. The molecule has 1 aromatic heterocycles. The van der Waals surface area contributed by atoms with Crippen molar-refractivity contribution in [3.8, 4) is 11.5 Å². The highest BCUT2D eigenvalue weighted by molar-refractivity contribution is 5.99. The van der Waals surface area contributed by atoms with Gasteiger partial charge in [0, 0.05) is 42.0 Å². The molecule has 4 N–H and O–H groups in total. The second kappa shape index (κ2) is 13.2. The number of nitrogens with zero attached hydrogens (tertiary/aromatic N) is 1. The fourth-order valence-corrected chi connectivity index (χ4v) is 4.92. The molecule has 1 aromatic carbocycles. The summed E-state index contributed by atoms with van der Waals surface area (Å²) in [5, 5.41) is 21.1. The Bertz CT molecular complexity index is 1100. The standard InChI is InChI=1S/C29H38N2O5/c1-3-4-5-6-7-8-21(33)17-22(34)11-9-19-15-25(28(35)26(16-19)36-2)27-20(18-32)10-12-24-23(27)13-14-31-29(24)30/h10,12-16,20,27,32,35H,3-9,11,17-18H2,1-2H3,(H2,30,31). The molecule has 0 bridgehead atoms. The van der Waals surface area contributed by atoms with Crippen LogP contribution in [0.1, 0.15) is 86.5 Å². The average molecular weight is 495 g/mol. The van der Waals surface area contributed by atoms with Crippen LogP contribution in [0.2, 0.25) is 0 Å². The SMILES string of the molecule is CCCCCCCC(=O)CC(=O)CCc1cc(OC)c(O)c(C2c3ccnc(N)c3C=CC2CO)c1. The third kappa shape index (κ3) is 6.72. The van der Waals surface area contributed by atoms with Gasteiger partial charge >= 0.3 is 0 Å². The second-order valence-electron chi connectivity index (χ2n) is 9.54. The van der Waals surface area contributed by atoms with Crippen LogP contribution < -0.4 is 10.5 Å². The van der Waals surface area contributed by atoms with E-state index >= 15 is 0 Å². The summed E-state index contributed by atoms with van der Waals surface area (Å²) in [5.74, 6) is -0.0451. The number of pyridine rings is 1. The number of benzene rings is 1. The van der Waals surface area contributed by atoms with Crippen LogP contribution in [0, 0.1) is 5.92 Å². The monoisotopic (exact) mass is 494 g/mol. The number of nitrogens with two attached hydrogens (primary N) is 1. The van der Waals surface area contributed by atoms with Gasteiger partial charge in [-0.05, 0) is 36.1 Å². The van der Waals surface area contributed by atoms with E-state index in [1.165, 1.54) is 13.5 Å². The minimum absolute atomic E-state index is 0.00283. The van der Waals surface area contributed by atoms with Crippen LogP contribution >= 0.6 is 0 Å². The van der Waals surface area contributed by atoms with E-state index in [2.05, 4.69) is 11.9 Å². The van der Waals surface area contributed by atoms with Crippen molar-refractivity contribution in [2.24, 2.45) is 5.92 Å². The smallest absolute Gasteiger partial charge is 0.161 e. The first-order chi connectivity index (χ1) is 17.4. The average Bonchev–Trinajstić information content (AvgIpc) is 2.87. The molecular formula is C29H38N2O5. The van der Waals surface area contributed by atoms with Gasteiger partial charge in [-0.3, -0.25) is 9.59 Å². The van der Waals surface area contributed by atoms with Gasteiger partial charge < -0.3 is 20.7 Å². The number of nitrogen functional groups attached to an aromatic ring is 1. The number of ketones is 2. The third-order valence-electron chi connectivity index (χ3n) is 6.90. The van der Waals surface area contributed by atoms with E-state index in [1.54, 1.807) is 12.3 Å². The van der Waals surface area contributed by atoms with Crippen molar-refractivity contribution in [2.75, 3.05) is 19.5 Å². The predicted molar refractivity (Wildman–Crippen MR) is 141 cm³/mol. The van der Waals surface area contributed by atoms with Gasteiger partial charge in [-0.25, -0.2) is 4.98 Å². The first-order valence-electron chi connectivity index (χ1n) is 12.9. The topological polar surface area (TPSA) is 123 Å². The molecule has 1 heterocycles. The minimum atomic E-state index is -0.362. The summed E-state index contributed by atoms with van der Waals surface area (Å²) in [5.41, 5.74) is 9.12. The lowest BCUT2D eigenvalue weighted by molar-refractivity contribution is -0.127. The molecule has 2 aromatic rings. The molecule has 7 nitrogen and oxygen atoms in total. The van der Waals surface area contributed by atoms with E-state index in [1.807, 2.05) is 24.3 Å². The fourth-order valence-electron chi connectivity index (χ4n) is 4.92. The Labute approximate surface area is 213 Å². The van der Waals surface area contributed by atoms with Crippen molar-refractivity contribution >= 4 is 23.5 Å². The summed E-state index contributed by atoms with van der Waals surface area (Å²) in [6.45, 7) is 2.04. The molecule has 7 heteroatoms. The maximum Gasteiger partial charge on any atom is 0.161 e. The molecule has 0 saturated heterocycles. The predicted octanol–water partition coefficient (Wildman–Crippen LogP) is 4.97. The minimum Gasteiger partial charge on any atom is -0.504 e. The van der Waals surface area contributed by atoms with Gasteiger partial charge in [0.15, 0.2) is 11.5 Å². The highest BCUT2D eigenvalue weighted by Gasteiger charge is 2.32. The van der Waals surface area contributed by atoms with E-state index < -0.39 is 0 Å². The molecule has 0 fully saturated rings. The largest absolute Gasteiger partial charge is 0.504 e. The van der Waals surface area contributed by atoms with Gasteiger partial charge in [0.1, 0.15) is 17.4 Å². The van der Waals surface area contributed by atoms with Crippen molar-refractivity contribution in [2.45, 2.75) is 70.6 Å². The molecule has 0 saturated carbocycles. The lowest BCUT2D eigenvalue weighted by Gasteiger charge is -2.30. The molecule has 2 atom stereocenters. The number of phenolic OH excluding ortho intramolecular Hbond substituents is 1. The second-order valence-corrected chi connectivity index (χ2v) is 9.54. The zero-order valence-electron chi connectivity index (χ0n) is 21.3. The van der Waals surface area contributed by atoms with Crippen molar-refractivity contribution in [1.29, 1.82) is 0 Å². The number of phenols is 1. The Morgan fingerprint density at radius 1 is 1.08 bits per heavy atom. The summed E-state index contributed by atoms with van der Waals surface area (Å²) >= 11 is 0. The fraction of sp³-hybridized carbons (Fsp3) is 0.483. The number of anilines is 1. The van der Waals surface area contributed by atoms with E-state index in [0.29, 0.717) is 30.0 Å². The molecule has 0 spiro atoms. The highest BCUT2D eigenvalue weighted by atomic mass is 16.5. The number of aryl methyl sites for hydroxylation is 1. The van der Waals surface area contributed by atoms with Gasteiger partial charge in [-0.2, -0.15) is 0 Å². The Morgan fingerprint density at radius 3 is 2.56 bits per heavy atom. The van der Waals surface area contributed by atoms with Crippen LogP contribution in [0.15, 0.2) is 30.5 Å². The van der Waals surface area contributed by atoms with E-state index in [9.17, 15) is 19.8 Å². The molecule has 194 valence electrons. The molecule has 0 radical (unpaired) electrons. The summed E-state index contributed by atoms with van der Waals surface area (Å²) in [6, 6.07) is 5.42. The molecule has 1 aliphatic carbocycles. The first-order valence-corrected chi connectivity index (χ1v) is 12.9. The number of rotatable bonds is 14. The number of carbonyl (C=O) groups is 2. The number of methoxy groups -OCH3 is 1. The number of fused-ring (bicyclic) bond motifs is 1. The normalized spacial score (nSPS) is 16.5. The van der Waals surface area contributed by atoms with E-state index in [-0.39, 0.29) is 48.6 Å². The van der Waals surface area contributed by atoms with Gasteiger partial charge in [-0.15, -0.1) is 0 Å². The number of aliphatic hydroxyl groups is 1. The summed E-state index contributed by atoms with van der Waals surface area (Å²) in [6.07, 6.45) is 11.8. The first kappa shape index (κ1) is 27.4. The maximum absolute atomic E-state index is 12.5. The van der Waals surface area contributed by atoms with E-state index in [4.69, 9.17) is 10.5 Å². The van der Waals surface area contributed by atoms with Crippen LogP contribution in [0.3, 0.4) is 0 Å². The number of hydrogen-bond donors (Lipinski definition) is 3. The number of aliphatic hydroxyl groups excluding tert-OH is 1. The van der Waals surface area contributed by atoms with Crippen molar-refractivity contribution in [1.82, 2.24) is 4.98 Å². The van der Waals surface area contributed by atoms with Crippen LogP contribution in [-0.4, -0.2) is 40.5 Å². The molecule has 36 heavy (non-hydrogen) atoms. The van der Waals surface area contributed by atoms with Gasteiger partial charge in [0.25, 0.3) is 0 Å². The number of ether oxygens (including phenoxy) is 1. The lowest BCUT2D eigenvalue weighted by Crippen LogP contribution is -2.21. The van der Waals surface area contributed by atoms with E-state index in [0.717, 1.165) is 42.4 Å². The molecule has 0 amide bonds. The third-order valence-corrected chi connectivity index (χ3v) is 6.90. The van der Waals surface area contributed by atoms with Crippen LogP contribution in [0.4, 0.5) is 5.82 Å². The summed E-state index contributed by atoms with van der Waals surface area (Å²) < 4.78 is 5.43. The van der Waals surface area contributed by atoms with Crippen molar-refractivity contribution in [3.63, 3.8) is 0 Å². The maximum atomic E-state index is 12.5. The van der Waals surface area contributed by atoms with Crippen LogP contribution in [0.5, 0.6) is 11.5 Å². The van der Waals surface area contributed by atoms with Crippen molar-refractivity contribution in [3.05, 3.63) is 52.7 Å². The van der Waals surface area contributed by atoms with Gasteiger partial charge in [0.05, 0.1) is 20.1 Å². The van der Waals surface area contributed by atoms with Crippen molar-refractivity contribution < 1.29 is 24.5 Å². The number of carbonyl (C=O) groups excluding carboxylic acids is 2. The number of aromatic nitrogens is 1. The van der Waals surface area contributed by atoms with Gasteiger partial charge in [-0.1, -0.05) is 50.8 Å². The summed E-state index contributed by atoms with van der Waals surface area (Å²) in [4.78, 5) is 28.9. The molecule has 3 rings (SSSR count). The van der Waals surface area contributed by atoms with Crippen LogP contribution in [0.25, 0.3) is 6.08 Å². The summed E-state index contributed by atoms with van der Waals surface area (Å²) in [7, 11) is 1.48. The Balaban J connectivity index is 1.75. The number of Topliss-reactive ketones (excluding diaryl/α,β-unsaturated/α-hetero) is 2. The molecule has 1 aliphatic rings. The molecule has 2 unspecified atom stereocenters. The zero-order chi connectivity index (χ0) is 26.1. The number of unbranched alkanes of at least 4 members (excludes halogenated alkanes) is 4. The number of aromatic hydroxyl groups is 1. The lowest BCUT2D eigenvalue weighted by atomic mass is 9.75.